The number of carbonyl (C=O) groups excluding carboxylic acids is 2. The summed E-state index contributed by atoms with van der Waals surface area (Å²) in [4.78, 5) is 27.3. The summed E-state index contributed by atoms with van der Waals surface area (Å²) in [6.07, 6.45) is 0.389. The van der Waals surface area contributed by atoms with E-state index in [1.54, 1.807) is 15.9 Å². The lowest BCUT2D eigenvalue weighted by atomic mass is 9.98. The Bertz CT molecular complexity index is 1210. The Morgan fingerprint density at radius 2 is 1.23 bits per heavy atom. The van der Waals surface area contributed by atoms with Crippen LogP contribution in [0.3, 0.4) is 0 Å². The van der Waals surface area contributed by atoms with Gasteiger partial charge in [0.05, 0.1) is 14.2 Å². The maximum atomic E-state index is 13.9. The van der Waals surface area contributed by atoms with Gasteiger partial charge in [-0.3, -0.25) is 0 Å². The van der Waals surface area contributed by atoms with Gasteiger partial charge >= 0.3 is 12.2 Å². The Kier molecular flexibility index (Phi) is 9.53. The number of fused-ring (bicyclic) bond motifs is 2. The first-order chi connectivity index (χ1) is 18.6. The van der Waals surface area contributed by atoms with Crippen LogP contribution in [0.4, 0.5) is 18.4 Å². The van der Waals surface area contributed by atoms with Gasteiger partial charge in [0, 0.05) is 43.9 Å². The second kappa shape index (κ2) is 12.3. The molecule has 2 amide bonds. The molecule has 0 spiro atoms. The number of rotatable bonds is 2. The lowest BCUT2D eigenvalue weighted by molar-refractivity contribution is 0.0213. The van der Waals surface area contributed by atoms with E-state index in [9.17, 15) is 18.4 Å². The first-order valence-electron chi connectivity index (χ1n) is 13.3. The van der Waals surface area contributed by atoms with Crippen molar-refractivity contribution < 1.29 is 37.3 Å². The molecule has 0 radical (unpaired) electrons. The highest BCUT2D eigenvalue weighted by atomic mass is 19.1. The Labute approximate surface area is 235 Å². The third kappa shape index (κ3) is 8.22. The molecule has 2 aromatic carbocycles. The van der Waals surface area contributed by atoms with Gasteiger partial charge in [-0.1, -0.05) is 0 Å². The molecule has 2 aliphatic heterocycles. The normalized spacial score (nSPS) is 14.8. The molecule has 0 atom stereocenters. The standard InChI is InChI=1S/2C15H20FNO3/c1-15(2,3)20-14(18)17-6-5-12-10(9-17)7-11(19-4)8-13(12)16;1-15(2,3)20-14(18)17-6-5-12-10(9-17)7-11(16)8-13(12)19-4/h2*7-8H,5-6,9H2,1-4H3. The first-order valence-corrected chi connectivity index (χ1v) is 13.3. The summed E-state index contributed by atoms with van der Waals surface area (Å²) < 4.78 is 48.4. The molecule has 0 saturated heterocycles. The number of hydrogen-bond donors (Lipinski definition) is 0. The van der Waals surface area contributed by atoms with Crippen LogP contribution in [0, 0.1) is 11.6 Å². The van der Waals surface area contributed by atoms with E-state index in [-0.39, 0.29) is 23.8 Å². The van der Waals surface area contributed by atoms with E-state index in [1.165, 1.54) is 32.4 Å². The molecule has 220 valence electrons. The molecule has 10 heteroatoms. The monoisotopic (exact) mass is 562 g/mol. The molecular formula is C30H40F2N2O6. The molecule has 40 heavy (non-hydrogen) atoms. The molecule has 4 rings (SSSR count). The van der Waals surface area contributed by atoms with Crippen molar-refractivity contribution in [2.45, 2.75) is 78.7 Å². The van der Waals surface area contributed by atoms with Crippen LogP contribution in [-0.4, -0.2) is 60.5 Å². The van der Waals surface area contributed by atoms with Gasteiger partial charge in [-0.25, -0.2) is 18.4 Å². The van der Waals surface area contributed by atoms with Crippen LogP contribution in [0.15, 0.2) is 24.3 Å². The largest absolute Gasteiger partial charge is 0.497 e. The summed E-state index contributed by atoms with van der Waals surface area (Å²) >= 11 is 0. The fourth-order valence-electron chi connectivity index (χ4n) is 4.51. The maximum absolute atomic E-state index is 13.9. The predicted octanol–water partition coefficient (Wildman–Crippen LogP) is 6.26. The van der Waals surface area contributed by atoms with Crippen LogP contribution in [0.2, 0.25) is 0 Å². The van der Waals surface area contributed by atoms with Gasteiger partial charge in [-0.15, -0.1) is 0 Å². The van der Waals surface area contributed by atoms with Crippen molar-refractivity contribution in [1.82, 2.24) is 9.80 Å². The number of carbonyl (C=O) groups is 2. The van der Waals surface area contributed by atoms with Gasteiger partial charge in [0.15, 0.2) is 0 Å². The Hall–Kier alpha value is -3.56. The van der Waals surface area contributed by atoms with Crippen molar-refractivity contribution in [2.24, 2.45) is 0 Å². The number of methoxy groups -OCH3 is 2. The van der Waals surface area contributed by atoms with E-state index in [2.05, 4.69) is 0 Å². The van der Waals surface area contributed by atoms with E-state index in [0.29, 0.717) is 56.1 Å². The Morgan fingerprint density at radius 1 is 0.725 bits per heavy atom. The lowest BCUT2D eigenvalue weighted by Gasteiger charge is -2.31. The number of amides is 2. The molecule has 0 bridgehead atoms. The van der Waals surface area contributed by atoms with E-state index < -0.39 is 11.2 Å². The molecule has 0 aromatic heterocycles. The van der Waals surface area contributed by atoms with Gasteiger partial charge in [-0.2, -0.15) is 0 Å². The van der Waals surface area contributed by atoms with Crippen LogP contribution in [0.25, 0.3) is 0 Å². The molecule has 0 unspecified atom stereocenters. The second-order valence-corrected chi connectivity index (χ2v) is 11.8. The number of benzene rings is 2. The molecule has 0 N–H and O–H groups in total. The summed E-state index contributed by atoms with van der Waals surface area (Å²) in [6, 6.07) is 5.98. The van der Waals surface area contributed by atoms with Gasteiger partial charge < -0.3 is 28.7 Å². The van der Waals surface area contributed by atoms with Crippen LogP contribution >= 0.6 is 0 Å². The summed E-state index contributed by atoms with van der Waals surface area (Å²) in [5.74, 6) is 0.381. The minimum absolute atomic E-state index is 0.275. The fraction of sp³-hybridized carbons (Fsp3) is 0.533. The van der Waals surface area contributed by atoms with Gasteiger partial charge in [-0.05, 0) is 83.2 Å². The Balaban J connectivity index is 0.000000220. The minimum Gasteiger partial charge on any atom is -0.497 e. The van der Waals surface area contributed by atoms with Gasteiger partial charge in [0.2, 0.25) is 0 Å². The zero-order valence-electron chi connectivity index (χ0n) is 24.7. The van der Waals surface area contributed by atoms with E-state index in [0.717, 1.165) is 16.7 Å². The average molecular weight is 563 g/mol. The SMILES string of the molecule is COc1cc(F)c2c(c1)CN(C(=O)OC(C)(C)C)CC2.COc1cc(F)cc2c1CCN(C(=O)OC(C)(C)C)C2. The van der Waals surface area contributed by atoms with Crippen molar-refractivity contribution in [1.29, 1.82) is 0 Å². The zero-order chi connectivity index (χ0) is 29.8. The number of nitrogens with zero attached hydrogens (tertiary/aromatic N) is 2. The molecule has 2 aromatic rings. The number of halogens is 2. The van der Waals surface area contributed by atoms with E-state index in [1.807, 2.05) is 41.5 Å². The molecular weight excluding hydrogens is 522 g/mol. The topological polar surface area (TPSA) is 77.5 Å². The zero-order valence-corrected chi connectivity index (χ0v) is 24.7. The second-order valence-electron chi connectivity index (χ2n) is 11.8. The van der Waals surface area contributed by atoms with Crippen molar-refractivity contribution in [2.75, 3.05) is 27.3 Å². The van der Waals surface area contributed by atoms with Crippen LogP contribution in [-0.2, 0) is 35.4 Å². The van der Waals surface area contributed by atoms with Crippen LogP contribution in [0.5, 0.6) is 11.5 Å². The van der Waals surface area contributed by atoms with Crippen LogP contribution in [0.1, 0.15) is 63.8 Å². The minimum atomic E-state index is -0.531. The average Bonchev–Trinajstić information content (AvgIpc) is 2.85. The lowest BCUT2D eigenvalue weighted by Crippen LogP contribution is -2.40. The molecule has 8 nitrogen and oxygen atoms in total. The van der Waals surface area contributed by atoms with Crippen LogP contribution < -0.4 is 9.47 Å². The summed E-state index contributed by atoms with van der Waals surface area (Å²) in [5.41, 5.74) is 2.12. The highest BCUT2D eigenvalue weighted by Gasteiger charge is 2.29. The summed E-state index contributed by atoms with van der Waals surface area (Å²) in [6.45, 7) is 12.6. The molecule has 2 heterocycles. The molecule has 2 aliphatic rings. The molecule has 0 aliphatic carbocycles. The highest BCUT2D eigenvalue weighted by molar-refractivity contribution is 5.69. The highest BCUT2D eigenvalue weighted by Crippen LogP contribution is 2.30. The Morgan fingerprint density at radius 3 is 1.70 bits per heavy atom. The summed E-state index contributed by atoms with van der Waals surface area (Å²) in [7, 11) is 3.02. The molecule has 0 fully saturated rings. The quantitative estimate of drug-likeness (QED) is 0.430. The third-order valence-electron chi connectivity index (χ3n) is 6.27. The van der Waals surface area contributed by atoms with Crippen molar-refractivity contribution in [3.63, 3.8) is 0 Å². The van der Waals surface area contributed by atoms with Crippen molar-refractivity contribution in [3.8, 4) is 11.5 Å². The van der Waals surface area contributed by atoms with E-state index >= 15 is 0 Å². The smallest absolute Gasteiger partial charge is 0.410 e. The number of hydrogen-bond acceptors (Lipinski definition) is 6. The van der Waals surface area contributed by atoms with Gasteiger partial charge in [0.25, 0.3) is 0 Å². The first kappa shape index (κ1) is 31.0. The summed E-state index contributed by atoms with van der Waals surface area (Å²) in [5, 5.41) is 0. The van der Waals surface area contributed by atoms with Crippen molar-refractivity contribution >= 4 is 12.2 Å². The third-order valence-corrected chi connectivity index (χ3v) is 6.27. The fourth-order valence-corrected chi connectivity index (χ4v) is 4.51. The maximum Gasteiger partial charge on any atom is 0.410 e. The van der Waals surface area contributed by atoms with Gasteiger partial charge in [0.1, 0.15) is 34.3 Å². The van der Waals surface area contributed by atoms with Crippen molar-refractivity contribution in [3.05, 3.63) is 58.2 Å². The van der Waals surface area contributed by atoms with E-state index in [4.69, 9.17) is 18.9 Å². The predicted molar refractivity (Wildman–Crippen MR) is 147 cm³/mol. The molecule has 0 saturated carbocycles. The number of ether oxygens (including phenoxy) is 4.